The Kier molecular flexibility index (Phi) is 3.11. The van der Waals surface area contributed by atoms with Crippen molar-refractivity contribution in [2.75, 3.05) is 0 Å². The Morgan fingerprint density at radius 2 is 2.55 bits per heavy atom. The molecule has 0 aliphatic rings. The van der Waals surface area contributed by atoms with Crippen LogP contribution in [0, 0.1) is 0 Å². The van der Waals surface area contributed by atoms with Crippen molar-refractivity contribution in [1.29, 1.82) is 0 Å². The summed E-state index contributed by atoms with van der Waals surface area (Å²) in [5, 5.41) is 4.81. The van der Waals surface area contributed by atoms with Gasteiger partial charge in [-0.15, -0.1) is 11.3 Å². The summed E-state index contributed by atoms with van der Waals surface area (Å²) < 4.78 is 0. The normalized spacial score (nSPS) is 9.55. The third-order valence-electron chi connectivity index (χ3n) is 1.36. The molecule has 1 N–H and O–H groups in total. The second-order valence-electron chi connectivity index (χ2n) is 2.21. The van der Waals surface area contributed by atoms with Crippen molar-refractivity contribution in [1.82, 2.24) is 5.32 Å². The van der Waals surface area contributed by atoms with Crippen molar-refractivity contribution in [3.63, 3.8) is 0 Å². The lowest BCUT2D eigenvalue weighted by atomic mass is 10.4. The lowest BCUT2D eigenvalue weighted by Crippen LogP contribution is -2.20. The molecule has 1 aromatic heterocycles. The Morgan fingerprint density at radius 3 is 3.09 bits per heavy atom. The average Bonchev–Trinajstić information content (AvgIpc) is 2.52. The number of thiophene rings is 1. The lowest BCUT2D eigenvalue weighted by molar-refractivity contribution is -0.120. The Labute approximate surface area is 70.2 Å². The number of hydrogen-bond acceptors (Lipinski definition) is 2. The minimum absolute atomic E-state index is 0.110. The molecule has 1 heterocycles. The SMILES string of the molecule is CCC(=O)NCc1cccs1. The van der Waals surface area contributed by atoms with Crippen LogP contribution in [0.25, 0.3) is 0 Å². The zero-order chi connectivity index (χ0) is 8.10. The van der Waals surface area contributed by atoms with E-state index in [-0.39, 0.29) is 5.91 Å². The van der Waals surface area contributed by atoms with Gasteiger partial charge in [0.2, 0.25) is 5.91 Å². The quantitative estimate of drug-likeness (QED) is 0.734. The molecule has 0 fully saturated rings. The number of rotatable bonds is 3. The third-order valence-corrected chi connectivity index (χ3v) is 2.24. The van der Waals surface area contributed by atoms with Crippen molar-refractivity contribution in [3.8, 4) is 0 Å². The van der Waals surface area contributed by atoms with E-state index in [0.717, 1.165) is 0 Å². The molecule has 0 spiro atoms. The molecule has 0 aromatic carbocycles. The highest BCUT2D eigenvalue weighted by Gasteiger charge is 1.96. The van der Waals surface area contributed by atoms with Crippen LogP contribution < -0.4 is 5.32 Å². The van der Waals surface area contributed by atoms with E-state index < -0.39 is 0 Å². The second kappa shape index (κ2) is 4.13. The van der Waals surface area contributed by atoms with Gasteiger partial charge in [-0.3, -0.25) is 4.79 Å². The maximum absolute atomic E-state index is 10.8. The first-order chi connectivity index (χ1) is 5.33. The first kappa shape index (κ1) is 8.27. The summed E-state index contributed by atoms with van der Waals surface area (Å²) in [4.78, 5) is 12.0. The lowest BCUT2D eigenvalue weighted by Gasteiger charge is -1.98. The number of carbonyl (C=O) groups excluding carboxylic acids is 1. The smallest absolute Gasteiger partial charge is 0.220 e. The number of nitrogens with one attached hydrogen (secondary N) is 1. The van der Waals surface area contributed by atoms with Gasteiger partial charge < -0.3 is 5.32 Å². The number of amides is 1. The first-order valence-corrected chi connectivity index (χ1v) is 4.50. The van der Waals surface area contributed by atoms with Crippen LogP contribution in [-0.2, 0) is 11.3 Å². The summed E-state index contributed by atoms with van der Waals surface area (Å²) in [6.07, 6.45) is 0.561. The molecule has 0 aliphatic heterocycles. The van der Waals surface area contributed by atoms with Crippen molar-refractivity contribution in [2.45, 2.75) is 19.9 Å². The molecule has 2 nitrogen and oxygen atoms in total. The molecule has 0 unspecified atom stereocenters. The van der Waals surface area contributed by atoms with Crippen LogP contribution in [0.3, 0.4) is 0 Å². The van der Waals surface area contributed by atoms with Crippen LogP contribution in [0.2, 0.25) is 0 Å². The Morgan fingerprint density at radius 1 is 1.73 bits per heavy atom. The van der Waals surface area contributed by atoms with Crippen molar-refractivity contribution < 1.29 is 4.79 Å². The van der Waals surface area contributed by atoms with Crippen LogP contribution in [0.4, 0.5) is 0 Å². The van der Waals surface area contributed by atoms with E-state index in [4.69, 9.17) is 0 Å². The summed E-state index contributed by atoms with van der Waals surface area (Å²) in [6, 6.07) is 4.00. The molecule has 60 valence electrons. The molecule has 1 amide bonds. The molecule has 0 saturated heterocycles. The predicted octanol–water partition coefficient (Wildman–Crippen LogP) is 1.77. The van der Waals surface area contributed by atoms with Gasteiger partial charge in [-0.05, 0) is 11.4 Å². The summed E-state index contributed by atoms with van der Waals surface area (Å²) in [5.41, 5.74) is 0. The monoisotopic (exact) mass is 169 g/mol. The molecule has 11 heavy (non-hydrogen) atoms. The minimum Gasteiger partial charge on any atom is -0.351 e. The van der Waals surface area contributed by atoms with Crippen LogP contribution >= 0.6 is 11.3 Å². The topological polar surface area (TPSA) is 29.1 Å². The second-order valence-corrected chi connectivity index (χ2v) is 3.24. The Hall–Kier alpha value is -0.830. The van der Waals surface area contributed by atoms with E-state index in [0.29, 0.717) is 13.0 Å². The molecule has 0 atom stereocenters. The largest absolute Gasteiger partial charge is 0.351 e. The van der Waals surface area contributed by atoms with Crippen LogP contribution in [0.5, 0.6) is 0 Å². The first-order valence-electron chi connectivity index (χ1n) is 3.62. The molecular formula is C8H11NOS. The molecular weight excluding hydrogens is 158 g/mol. The zero-order valence-electron chi connectivity index (χ0n) is 6.46. The van der Waals surface area contributed by atoms with E-state index in [1.165, 1.54) is 4.88 Å². The Balaban J connectivity index is 2.29. The molecule has 1 aromatic rings. The summed E-state index contributed by atoms with van der Waals surface area (Å²) in [5.74, 6) is 0.110. The van der Waals surface area contributed by atoms with E-state index >= 15 is 0 Å². The molecule has 3 heteroatoms. The van der Waals surface area contributed by atoms with Crippen LogP contribution in [0.1, 0.15) is 18.2 Å². The van der Waals surface area contributed by atoms with Crippen LogP contribution in [-0.4, -0.2) is 5.91 Å². The summed E-state index contributed by atoms with van der Waals surface area (Å²) in [7, 11) is 0. The molecule has 0 bridgehead atoms. The molecule has 0 radical (unpaired) electrons. The van der Waals surface area contributed by atoms with Gasteiger partial charge >= 0.3 is 0 Å². The van der Waals surface area contributed by atoms with Gasteiger partial charge in [0.1, 0.15) is 0 Å². The number of hydrogen-bond donors (Lipinski definition) is 1. The summed E-state index contributed by atoms with van der Waals surface area (Å²) >= 11 is 1.66. The highest BCUT2D eigenvalue weighted by Crippen LogP contribution is 2.07. The maximum atomic E-state index is 10.8. The summed E-state index contributed by atoms with van der Waals surface area (Å²) in [6.45, 7) is 2.52. The van der Waals surface area contributed by atoms with Gasteiger partial charge in [-0.2, -0.15) is 0 Å². The van der Waals surface area contributed by atoms with Gasteiger partial charge in [-0.25, -0.2) is 0 Å². The number of carbonyl (C=O) groups is 1. The minimum atomic E-state index is 0.110. The van der Waals surface area contributed by atoms with E-state index in [1.54, 1.807) is 11.3 Å². The fraction of sp³-hybridized carbons (Fsp3) is 0.375. The van der Waals surface area contributed by atoms with Gasteiger partial charge in [0.05, 0.1) is 6.54 Å². The predicted molar refractivity (Wildman–Crippen MR) is 46.5 cm³/mol. The van der Waals surface area contributed by atoms with Crippen LogP contribution in [0.15, 0.2) is 17.5 Å². The zero-order valence-corrected chi connectivity index (χ0v) is 7.28. The van der Waals surface area contributed by atoms with Crippen molar-refractivity contribution in [3.05, 3.63) is 22.4 Å². The highest BCUT2D eigenvalue weighted by atomic mass is 32.1. The molecule has 0 saturated carbocycles. The van der Waals surface area contributed by atoms with Crippen molar-refractivity contribution in [2.24, 2.45) is 0 Å². The standard InChI is InChI=1S/C8H11NOS/c1-2-8(10)9-6-7-4-3-5-11-7/h3-5H,2,6H2,1H3,(H,9,10). The van der Waals surface area contributed by atoms with E-state index in [2.05, 4.69) is 5.32 Å². The van der Waals surface area contributed by atoms with Gasteiger partial charge in [0, 0.05) is 11.3 Å². The third kappa shape index (κ3) is 2.72. The van der Waals surface area contributed by atoms with E-state index in [9.17, 15) is 4.79 Å². The molecule has 1 rings (SSSR count). The van der Waals surface area contributed by atoms with Gasteiger partial charge in [0.15, 0.2) is 0 Å². The molecule has 0 aliphatic carbocycles. The van der Waals surface area contributed by atoms with E-state index in [1.807, 2.05) is 24.4 Å². The fourth-order valence-electron chi connectivity index (χ4n) is 0.724. The van der Waals surface area contributed by atoms with Gasteiger partial charge in [-0.1, -0.05) is 13.0 Å². The fourth-order valence-corrected chi connectivity index (χ4v) is 1.37. The van der Waals surface area contributed by atoms with Crippen molar-refractivity contribution >= 4 is 17.2 Å². The van der Waals surface area contributed by atoms with Gasteiger partial charge in [0.25, 0.3) is 0 Å². The Bertz CT molecular complexity index is 218. The maximum Gasteiger partial charge on any atom is 0.220 e. The highest BCUT2D eigenvalue weighted by molar-refractivity contribution is 7.09. The average molecular weight is 169 g/mol.